The van der Waals surface area contributed by atoms with Crippen LogP contribution in [-0.4, -0.2) is 50.7 Å². The molecule has 3 nitrogen and oxygen atoms in total. The molecular formula is C16H27N3. The van der Waals surface area contributed by atoms with Gasteiger partial charge >= 0.3 is 0 Å². The zero-order chi connectivity index (χ0) is 13.7. The van der Waals surface area contributed by atoms with Gasteiger partial charge in [-0.15, -0.1) is 0 Å². The molecule has 3 heteroatoms. The Balaban J connectivity index is 1.74. The third-order valence-corrected chi connectivity index (χ3v) is 4.20. The number of anilines is 1. The Morgan fingerprint density at radius 1 is 1.21 bits per heavy atom. The second-order valence-corrected chi connectivity index (χ2v) is 5.82. The van der Waals surface area contributed by atoms with Gasteiger partial charge < -0.3 is 15.1 Å². The van der Waals surface area contributed by atoms with E-state index in [-0.39, 0.29) is 0 Å². The molecule has 1 heterocycles. The lowest BCUT2D eigenvalue weighted by Crippen LogP contribution is -2.46. The Bertz CT molecular complexity index is 356. The van der Waals surface area contributed by atoms with E-state index in [1.807, 2.05) is 0 Å². The second-order valence-electron chi connectivity index (χ2n) is 5.82. The van der Waals surface area contributed by atoms with Crippen molar-refractivity contribution in [2.24, 2.45) is 0 Å². The molecule has 19 heavy (non-hydrogen) atoms. The summed E-state index contributed by atoms with van der Waals surface area (Å²) >= 11 is 0. The molecule has 1 N–H and O–H groups in total. The summed E-state index contributed by atoms with van der Waals surface area (Å²) in [5.41, 5.74) is 1.36. The van der Waals surface area contributed by atoms with Crippen LogP contribution in [0.25, 0.3) is 0 Å². The van der Waals surface area contributed by atoms with Crippen molar-refractivity contribution in [3.8, 4) is 0 Å². The molecule has 1 unspecified atom stereocenters. The van der Waals surface area contributed by atoms with Crippen molar-refractivity contribution in [2.75, 3.05) is 38.6 Å². The van der Waals surface area contributed by atoms with Gasteiger partial charge in [0, 0.05) is 37.4 Å². The predicted molar refractivity (Wildman–Crippen MR) is 82.8 cm³/mol. The highest BCUT2D eigenvalue weighted by Gasteiger charge is 2.19. The van der Waals surface area contributed by atoms with Gasteiger partial charge in [-0.2, -0.15) is 0 Å². The lowest BCUT2D eigenvalue weighted by molar-refractivity contribution is 0.284. The number of para-hydroxylation sites is 1. The average Bonchev–Trinajstić information content (AvgIpc) is 2.46. The molecule has 0 radical (unpaired) electrons. The zero-order valence-electron chi connectivity index (χ0n) is 12.5. The Morgan fingerprint density at radius 3 is 2.42 bits per heavy atom. The van der Waals surface area contributed by atoms with Crippen LogP contribution in [0.3, 0.4) is 0 Å². The van der Waals surface area contributed by atoms with Gasteiger partial charge in [-0.05, 0) is 46.0 Å². The quantitative estimate of drug-likeness (QED) is 0.876. The third kappa shape index (κ3) is 4.22. The topological polar surface area (TPSA) is 18.5 Å². The lowest BCUT2D eigenvalue weighted by Gasteiger charge is -2.35. The summed E-state index contributed by atoms with van der Waals surface area (Å²) in [6, 6.07) is 12.0. The maximum atomic E-state index is 3.71. The zero-order valence-corrected chi connectivity index (χ0v) is 12.5. The fourth-order valence-electron chi connectivity index (χ4n) is 2.50. The number of benzene rings is 1. The highest BCUT2D eigenvalue weighted by atomic mass is 15.2. The molecule has 0 saturated carbocycles. The lowest BCUT2D eigenvalue weighted by atomic mass is 10.0. The van der Waals surface area contributed by atoms with Crippen molar-refractivity contribution in [1.82, 2.24) is 10.2 Å². The van der Waals surface area contributed by atoms with Crippen molar-refractivity contribution < 1.29 is 0 Å². The molecule has 1 aromatic rings. The van der Waals surface area contributed by atoms with Crippen molar-refractivity contribution in [1.29, 1.82) is 0 Å². The summed E-state index contributed by atoms with van der Waals surface area (Å²) in [7, 11) is 4.29. The first-order chi connectivity index (χ1) is 9.16. The molecule has 0 spiro atoms. The summed E-state index contributed by atoms with van der Waals surface area (Å²) in [6.07, 6.45) is 2.49. The molecule has 1 saturated heterocycles. The van der Waals surface area contributed by atoms with E-state index in [0.717, 1.165) is 19.6 Å². The minimum atomic E-state index is 0.604. The van der Waals surface area contributed by atoms with Crippen LogP contribution in [0.15, 0.2) is 30.3 Å². The van der Waals surface area contributed by atoms with E-state index in [2.05, 4.69) is 66.5 Å². The molecule has 0 bridgehead atoms. The highest BCUT2D eigenvalue weighted by Crippen LogP contribution is 2.19. The Kier molecular flexibility index (Phi) is 5.23. The normalized spacial score (nSPS) is 18.8. The Morgan fingerprint density at radius 2 is 1.84 bits per heavy atom. The molecule has 0 aromatic heterocycles. The minimum Gasteiger partial charge on any atom is -0.371 e. The average molecular weight is 261 g/mol. The van der Waals surface area contributed by atoms with Gasteiger partial charge in [0.15, 0.2) is 0 Å². The van der Waals surface area contributed by atoms with Crippen LogP contribution in [0, 0.1) is 0 Å². The molecule has 2 rings (SSSR count). The molecule has 0 amide bonds. The first kappa shape index (κ1) is 14.4. The Hall–Kier alpha value is -1.06. The largest absolute Gasteiger partial charge is 0.371 e. The predicted octanol–water partition coefficient (Wildman–Crippen LogP) is 2.20. The maximum absolute atomic E-state index is 3.71. The molecule has 1 atom stereocenters. The first-order valence-electron chi connectivity index (χ1n) is 7.36. The van der Waals surface area contributed by atoms with E-state index < -0.39 is 0 Å². The molecule has 1 aliphatic heterocycles. The number of likely N-dealkylation sites (N-methyl/N-ethyl adjacent to an activating group) is 1. The van der Waals surface area contributed by atoms with Crippen LogP contribution < -0.4 is 10.2 Å². The van der Waals surface area contributed by atoms with Gasteiger partial charge in [0.05, 0.1) is 0 Å². The smallest absolute Gasteiger partial charge is 0.0366 e. The van der Waals surface area contributed by atoms with Gasteiger partial charge in [0.25, 0.3) is 0 Å². The van der Waals surface area contributed by atoms with E-state index in [0.29, 0.717) is 12.1 Å². The van der Waals surface area contributed by atoms with Crippen LogP contribution in [0.5, 0.6) is 0 Å². The van der Waals surface area contributed by atoms with Gasteiger partial charge in [-0.3, -0.25) is 0 Å². The molecular weight excluding hydrogens is 234 g/mol. The number of nitrogens with zero attached hydrogens (tertiary/aromatic N) is 2. The summed E-state index contributed by atoms with van der Waals surface area (Å²) in [4.78, 5) is 4.76. The van der Waals surface area contributed by atoms with Crippen molar-refractivity contribution in [3.05, 3.63) is 30.3 Å². The van der Waals surface area contributed by atoms with Crippen LogP contribution in [0.1, 0.15) is 19.8 Å². The number of hydrogen-bond acceptors (Lipinski definition) is 3. The Labute approximate surface area is 117 Å². The van der Waals surface area contributed by atoms with E-state index in [1.165, 1.54) is 18.5 Å². The third-order valence-electron chi connectivity index (χ3n) is 4.20. The number of hydrogen-bond donors (Lipinski definition) is 1. The summed E-state index contributed by atoms with van der Waals surface area (Å²) in [5, 5.41) is 3.71. The molecule has 1 aromatic carbocycles. The molecule has 0 aliphatic carbocycles. The van der Waals surface area contributed by atoms with Gasteiger partial charge in [-0.1, -0.05) is 18.2 Å². The standard InChI is InChI=1S/C16H27N3/c1-14(18(2)3)13-17-15-9-11-19(12-10-15)16-7-5-4-6-8-16/h4-8,14-15,17H,9-13H2,1-3H3. The van der Waals surface area contributed by atoms with Gasteiger partial charge in [0.2, 0.25) is 0 Å². The van der Waals surface area contributed by atoms with Crippen molar-refractivity contribution >= 4 is 5.69 Å². The first-order valence-corrected chi connectivity index (χ1v) is 7.36. The van der Waals surface area contributed by atoms with Gasteiger partial charge in [-0.25, -0.2) is 0 Å². The van der Waals surface area contributed by atoms with E-state index in [9.17, 15) is 0 Å². The van der Waals surface area contributed by atoms with Gasteiger partial charge in [0.1, 0.15) is 0 Å². The van der Waals surface area contributed by atoms with Crippen LogP contribution in [0.2, 0.25) is 0 Å². The monoisotopic (exact) mass is 261 g/mol. The van der Waals surface area contributed by atoms with E-state index in [4.69, 9.17) is 0 Å². The molecule has 1 aliphatic rings. The van der Waals surface area contributed by atoms with Crippen LogP contribution in [-0.2, 0) is 0 Å². The maximum Gasteiger partial charge on any atom is 0.0366 e. The second kappa shape index (κ2) is 6.92. The number of rotatable bonds is 5. The minimum absolute atomic E-state index is 0.604. The fourth-order valence-corrected chi connectivity index (χ4v) is 2.50. The van der Waals surface area contributed by atoms with Crippen LogP contribution >= 0.6 is 0 Å². The van der Waals surface area contributed by atoms with Crippen molar-refractivity contribution in [3.63, 3.8) is 0 Å². The summed E-state index contributed by atoms with van der Waals surface area (Å²) in [6.45, 7) is 5.69. The van der Waals surface area contributed by atoms with Crippen molar-refractivity contribution in [2.45, 2.75) is 31.8 Å². The number of nitrogens with one attached hydrogen (secondary N) is 1. The highest BCUT2D eigenvalue weighted by molar-refractivity contribution is 5.46. The molecule has 1 fully saturated rings. The fraction of sp³-hybridized carbons (Fsp3) is 0.625. The summed E-state index contributed by atoms with van der Waals surface area (Å²) in [5.74, 6) is 0. The van der Waals surface area contributed by atoms with E-state index in [1.54, 1.807) is 0 Å². The van der Waals surface area contributed by atoms with E-state index >= 15 is 0 Å². The molecule has 106 valence electrons. The summed E-state index contributed by atoms with van der Waals surface area (Å²) < 4.78 is 0. The number of piperidine rings is 1. The van der Waals surface area contributed by atoms with Crippen LogP contribution in [0.4, 0.5) is 5.69 Å². The SMILES string of the molecule is CC(CNC1CCN(c2ccccc2)CC1)N(C)C.